The van der Waals surface area contributed by atoms with E-state index in [0.717, 1.165) is 0 Å². The van der Waals surface area contributed by atoms with E-state index in [1.54, 1.807) is 6.07 Å². The van der Waals surface area contributed by atoms with Crippen molar-refractivity contribution in [3.8, 4) is 23.6 Å². The molecule has 1 aromatic carbocycles. The predicted octanol–water partition coefficient (Wildman–Crippen LogP) is 3.70. The molecule has 24 heavy (non-hydrogen) atoms. The summed E-state index contributed by atoms with van der Waals surface area (Å²) < 4.78 is 36.5. The Morgan fingerprint density at radius 1 is 1.29 bits per heavy atom. The average Bonchev–Trinajstić information content (AvgIpc) is 3.11. The SMILES string of the molecule is COc1nc(Oc2ccc(Br)c(C3OCCO3)c2F)ccc1C#N. The summed E-state index contributed by atoms with van der Waals surface area (Å²) in [7, 11) is 1.39. The van der Waals surface area contributed by atoms with Crippen LogP contribution in [0.1, 0.15) is 17.4 Å². The second kappa shape index (κ2) is 7.13. The van der Waals surface area contributed by atoms with Crippen LogP contribution < -0.4 is 9.47 Å². The third-order valence-electron chi connectivity index (χ3n) is 3.31. The first-order valence-corrected chi connectivity index (χ1v) is 7.77. The van der Waals surface area contributed by atoms with E-state index in [1.807, 2.05) is 6.07 Å². The number of ether oxygens (including phenoxy) is 4. The van der Waals surface area contributed by atoms with Crippen molar-refractivity contribution in [2.45, 2.75) is 6.29 Å². The normalized spacial score (nSPS) is 14.4. The standard InChI is InChI=1S/C16H12BrFN2O4/c1-21-15-9(8-19)2-5-12(20-15)24-11-4-3-10(17)13(14(11)18)16-22-6-7-23-16/h2-5,16H,6-7H2,1H3. The molecule has 6 nitrogen and oxygen atoms in total. The van der Waals surface area contributed by atoms with Crippen molar-refractivity contribution in [2.24, 2.45) is 0 Å². The molecular weight excluding hydrogens is 383 g/mol. The number of benzene rings is 1. The Hall–Kier alpha value is -2.21. The number of hydrogen-bond donors (Lipinski definition) is 0. The number of halogens is 2. The Balaban J connectivity index is 1.93. The van der Waals surface area contributed by atoms with E-state index in [1.165, 1.54) is 25.3 Å². The van der Waals surface area contributed by atoms with E-state index in [2.05, 4.69) is 20.9 Å². The number of rotatable bonds is 4. The maximum atomic E-state index is 14.8. The van der Waals surface area contributed by atoms with Crippen LogP contribution in [0.25, 0.3) is 0 Å². The second-order valence-corrected chi connectivity index (χ2v) is 5.62. The molecule has 0 aliphatic carbocycles. The first kappa shape index (κ1) is 16.6. The van der Waals surface area contributed by atoms with Crippen LogP contribution in [-0.2, 0) is 9.47 Å². The Labute approximate surface area is 145 Å². The van der Waals surface area contributed by atoms with Gasteiger partial charge in [-0.2, -0.15) is 10.2 Å². The fourth-order valence-electron chi connectivity index (χ4n) is 2.20. The van der Waals surface area contributed by atoms with Gasteiger partial charge in [-0.05, 0) is 18.2 Å². The first-order chi connectivity index (χ1) is 11.6. The molecular formula is C16H12BrFN2O4. The first-order valence-electron chi connectivity index (χ1n) is 6.98. The summed E-state index contributed by atoms with van der Waals surface area (Å²) in [5, 5.41) is 8.96. The van der Waals surface area contributed by atoms with Gasteiger partial charge in [-0.15, -0.1) is 0 Å². The summed E-state index contributed by atoms with van der Waals surface area (Å²) in [6, 6.07) is 8.00. The maximum Gasteiger partial charge on any atom is 0.234 e. The zero-order valence-corrected chi connectivity index (χ0v) is 14.2. The van der Waals surface area contributed by atoms with Crippen LogP contribution in [0.5, 0.6) is 17.5 Å². The molecule has 2 aromatic rings. The van der Waals surface area contributed by atoms with Crippen molar-refractivity contribution in [3.63, 3.8) is 0 Å². The van der Waals surface area contributed by atoms with Gasteiger partial charge in [0.15, 0.2) is 17.9 Å². The molecule has 1 aromatic heterocycles. The zero-order valence-electron chi connectivity index (χ0n) is 12.6. The van der Waals surface area contributed by atoms with Gasteiger partial charge in [0.25, 0.3) is 0 Å². The van der Waals surface area contributed by atoms with Gasteiger partial charge in [-0.3, -0.25) is 0 Å². The maximum absolute atomic E-state index is 14.8. The summed E-state index contributed by atoms with van der Waals surface area (Å²) in [6.07, 6.45) is -0.786. The molecule has 1 aliphatic rings. The minimum absolute atomic E-state index is 0.0356. The molecule has 1 saturated heterocycles. The molecule has 0 amide bonds. The summed E-state index contributed by atoms with van der Waals surface area (Å²) >= 11 is 3.29. The fourth-order valence-corrected chi connectivity index (χ4v) is 2.70. The summed E-state index contributed by atoms with van der Waals surface area (Å²) in [6.45, 7) is 0.798. The number of nitrogens with zero attached hydrogens (tertiary/aromatic N) is 2. The van der Waals surface area contributed by atoms with Gasteiger partial charge in [0.2, 0.25) is 11.8 Å². The number of hydrogen-bond acceptors (Lipinski definition) is 6. The monoisotopic (exact) mass is 394 g/mol. The predicted molar refractivity (Wildman–Crippen MR) is 84.3 cm³/mol. The van der Waals surface area contributed by atoms with E-state index in [0.29, 0.717) is 17.7 Å². The Morgan fingerprint density at radius 2 is 2.04 bits per heavy atom. The van der Waals surface area contributed by atoms with Crippen LogP contribution in [-0.4, -0.2) is 25.3 Å². The van der Waals surface area contributed by atoms with E-state index < -0.39 is 12.1 Å². The van der Waals surface area contributed by atoms with E-state index >= 15 is 0 Å². The third-order valence-corrected chi connectivity index (χ3v) is 4.00. The molecule has 0 atom stereocenters. The Kier molecular flexibility index (Phi) is 4.94. The van der Waals surface area contributed by atoms with Crippen LogP contribution in [0.15, 0.2) is 28.7 Å². The quantitative estimate of drug-likeness (QED) is 0.786. The molecule has 124 valence electrons. The fraction of sp³-hybridized carbons (Fsp3) is 0.250. The average molecular weight is 395 g/mol. The van der Waals surface area contributed by atoms with Crippen molar-refractivity contribution in [1.82, 2.24) is 4.98 Å². The van der Waals surface area contributed by atoms with Crippen molar-refractivity contribution >= 4 is 15.9 Å². The van der Waals surface area contributed by atoms with E-state index in [9.17, 15) is 4.39 Å². The molecule has 1 fully saturated rings. The van der Waals surface area contributed by atoms with Crippen LogP contribution in [0, 0.1) is 17.1 Å². The highest BCUT2D eigenvalue weighted by Crippen LogP contribution is 2.37. The lowest BCUT2D eigenvalue weighted by molar-refractivity contribution is -0.0472. The van der Waals surface area contributed by atoms with Gasteiger partial charge < -0.3 is 18.9 Å². The molecule has 2 heterocycles. The van der Waals surface area contributed by atoms with Gasteiger partial charge in [0.05, 0.1) is 25.9 Å². The van der Waals surface area contributed by atoms with Crippen LogP contribution in [0.3, 0.4) is 0 Å². The molecule has 8 heteroatoms. The molecule has 1 aliphatic heterocycles. The lowest BCUT2D eigenvalue weighted by Crippen LogP contribution is -2.05. The molecule has 0 saturated carbocycles. The third kappa shape index (κ3) is 3.19. The molecule has 3 rings (SSSR count). The molecule has 0 spiro atoms. The Bertz CT molecular complexity index is 803. The lowest BCUT2D eigenvalue weighted by Gasteiger charge is -2.15. The highest BCUT2D eigenvalue weighted by molar-refractivity contribution is 9.10. The molecule has 0 bridgehead atoms. The number of pyridine rings is 1. The minimum atomic E-state index is -0.786. The smallest absolute Gasteiger partial charge is 0.234 e. The van der Waals surface area contributed by atoms with Crippen molar-refractivity contribution < 1.29 is 23.3 Å². The van der Waals surface area contributed by atoms with Gasteiger partial charge >= 0.3 is 0 Å². The molecule has 0 unspecified atom stereocenters. The largest absolute Gasteiger partial charge is 0.480 e. The van der Waals surface area contributed by atoms with E-state index in [-0.39, 0.29) is 28.6 Å². The second-order valence-electron chi connectivity index (χ2n) is 4.77. The molecule has 0 N–H and O–H groups in total. The van der Waals surface area contributed by atoms with Crippen molar-refractivity contribution in [2.75, 3.05) is 20.3 Å². The van der Waals surface area contributed by atoms with Gasteiger partial charge in [-0.25, -0.2) is 4.39 Å². The van der Waals surface area contributed by atoms with Crippen molar-refractivity contribution in [3.05, 3.63) is 45.7 Å². The van der Waals surface area contributed by atoms with Gasteiger partial charge in [-0.1, -0.05) is 15.9 Å². The van der Waals surface area contributed by atoms with Crippen LogP contribution in [0.2, 0.25) is 0 Å². The lowest BCUT2D eigenvalue weighted by atomic mass is 10.2. The summed E-state index contributed by atoms with van der Waals surface area (Å²) in [5.41, 5.74) is 0.486. The summed E-state index contributed by atoms with van der Waals surface area (Å²) in [5.74, 6) is -0.436. The number of nitriles is 1. The highest BCUT2D eigenvalue weighted by Gasteiger charge is 2.27. The minimum Gasteiger partial charge on any atom is -0.480 e. The van der Waals surface area contributed by atoms with Gasteiger partial charge in [0, 0.05) is 10.5 Å². The summed E-state index contributed by atoms with van der Waals surface area (Å²) in [4.78, 5) is 4.04. The van der Waals surface area contributed by atoms with Crippen LogP contribution >= 0.6 is 15.9 Å². The molecule has 0 radical (unpaired) electrons. The Morgan fingerprint density at radius 3 is 2.71 bits per heavy atom. The number of methoxy groups -OCH3 is 1. The van der Waals surface area contributed by atoms with Gasteiger partial charge in [0.1, 0.15) is 11.6 Å². The van der Waals surface area contributed by atoms with Crippen molar-refractivity contribution in [1.29, 1.82) is 5.26 Å². The zero-order chi connectivity index (χ0) is 17.1. The van der Waals surface area contributed by atoms with Crippen LogP contribution in [0.4, 0.5) is 4.39 Å². The van der Waals surface area contributed by atoms with E-state index in [4.69, 9.17) is 24.2 Å². The topological polar surface area (TPSA) is 73.6 Å². The number of aromatic nitrogens is 1. The highest BCUT2D eigenvalue weighted by atomic mass is 79.9.